The Morgan fingerprint density at radius 2 is 1.64 bits per heavy atom. The zero-order valence-corrected chi connectivity index (χ0v) is 17.3. The van der Waals surface area contributed by atoms with E-state index in [0.29, 0.717) is 5.75 Å². The van der Waals surface area contributed by atoms with E-state index >= 15 is 0 Å². The summed E-state index contributed by atoms with van der Waals surface area (Å²) in [6.45, 7) is 3.35. The summed E-state index contributed by atoms with van der Waals surface area (Å²) in [6, 6.07) is 11.3. The Bertz CT molecular complexity index is 815. The summed E-state index contributed by atoms with van der Waals surface area (Å²) in [4.78, 5) is 23.5. The van der Waals surface area contributed by atoms with Gasteiger partial charge in [-0.1, -0.05) is 18.2 Å². The van der Waals surface area contributed by atoms with Gasteiger partial charge in [-0.25, -0.2) is 4.57 Å². The van der Waals surface area contributed by atoms with Gasteiger partial charge in [-0.3, -0.25) is 23.1 Å². The van der Waals surface area contributed by atoms with Crippen LogP contribution in [-0.4, -0.2) is 28.0 Å². The van der Waals surface area contributed by atoms with Crippen molar-refractivity contribution in [2.45, 2.75) is 26.3 Å². The summed E-state index contributed by atoms with van der Waals surface area (Å²) in [5.41, 5.74) is 0.843. The van der Waals surface area contributed by atoms with E-state index < -0.39 is 21.3 Å². The standard InChI is InChI=1S/C17H23NO8P2/c1-3-24-28(22,25-4-2)26-17(27(19,20)21)14-8-10-16(11-9-14)23-13-15-7-5-6-12-18-15/h5-12,17H,3-4,13H2,1-2H3,(H2,19,20,21). The monoisotopic (exact) mass is 431 g/mol. The molecular weight excluding hydrogens is 408 g/mol. The highest BCUT2D eigenvalue weighted by Crippen LogP contribution is 2.62. The van der Waals surface area contributed by atoms with E-state index in [1.165, 1.54) is 24.3 Å². The van der Waals surface area contributed by atoms with Crippen molar-refractivity contribution in [2.24, 2.45) is 0 Å². The lowest BCUT2D eigenvalue weighted by Gasteiger charge is -2.24. The topological polar surface area (TPSA) is 124 Å². The molecule has 0 radical (unpaired) electrons. The minimum Gasteiger partial charge on any atom is -0.487 e. The van der Waals surface area contributed by atoms with E-state index in [4.69, 9.17) is 18.3 Å². The van der Waals surface area contributed by atoms with E-state index in [-0.39, 0.29) is 25.4 Å². The van der Waals surface area contributed by atoms with Crippen molar-refractivity contribution in [3.63, 3.8) is 0 Å². The molecule has 0 aliphatic carbocycles. The largest absolute Gasteiger partial charge is 0.487 e. The van der Waals surface area contributed by atoms with Gasteiger partial charge in [0, 0.05) is 6.20 Å². The predicted octanol–water partition coefficient (Wildman–Crippen LogP) is 4.03. The zero-order chi connectivity index (χ0) is 20.6. The molecule has 28 heavy (non-hydrogen) atoms. The second-order valence-corrected chi connectivity index (χ2v) is 8.78. The maximum Gasteiger partial charge on any atom is 0.475 e. The first-order valence-electron chi connectivity index (χ1n) is 8.53. The molecule has 1 atom stereocenters. The smallest absolute Gasteiger partial charge is 0.475 e. The van der Waals surface area contributed by atoms with Crippen LogP contribution in [0.4, 0.5) is 0 Å². The first-order chi connectivity index (χ1) is 13.3. The third kappa shape index (κ3) is 6.79. The van der Waals surface area contributed by atoms with Gasteiger partial charge in [0.2, 0.25) is 0 Å². The molecule has 1 aromatic carbocycles. The fourth-order valence-electron chi connectivity index (χ4n) is 2.22. The highest BCUT2D eigenvalue weighted by Gasteiger charge is 2.40. The fourth-order valence-corrected chi connectivity index (χ4v) is 4.82. The molecule has 2 aromatic rings. The molecule has 0 amide bonds. The Balaban J connectivity index is 2.15. The van der Waals surface area contributed by atoms with Crippen molar-refractivity contribution < 1.29 is 37.2 Å². The molecule has 154 valence electrons. The fraction of sp³-hybridized carbons (Fsp3) is 0.353. The van der Waals surface area contributed by atoms with Crippen LogP contribution in [0, 0.1) is 0 Å². The van der Waals surface area contributed by atoms with Crippen LogP contribution in [0.3, 0.4) is 0 Å². The maximum absolute atomic E-state index is 12.5. The van der Waals surface area contributed by atoms with Gasteiger partial charge in [-0.15, -0.1) is 0 Å². The van der Waals surface area contributed by atoms with Gasteiger partial charge in [-0.05, 0) is 43.7 Å². The zero-order valence-electron chi connectivity index (χ0n) is 15.5. The van der Waals surface area contributed by atoms with Crippen LogP contribution in [0.5, 0.6) is 5.75 Å². The van der Waals surface area contributed by atoms with Crippen molar-refractivity contribution in [1.82, 2.24) is 4.98 Å². The first kappa shape index (κ1) is 22.7. The van der Waals surface area contributed by atoms with Crippen molar-refractivity contribution >= 4 is 15.4 Å². The number of nitrogens with zero attached hydrogens (tertiary/aromatic N) is 1. The minimum atomic E-state index is -4.83. The van der Waals surface area contributed by atoms with E-state index in [2.05, 4.69) is 4.98 Å². The highest BCUT2D eigenvalue weighted by atomic mass is 31.2. The first-order valence-corrected chi connectivity index (χ1v) is 11.7. The van der Waals surface area contributed by atoms with Crippen LogP contribution in [-0.2, 0) is 29.3 Å². The van der Waals surface area contributed by atoms with Gasteiger partial charge >= 0.3 is 15.4 Å². The molecule has 11 heteroatoms. The lowest BCUT2D eigenvalue weighted by Crippen LogP contribution is -2.08. The Labute approximate surface area is 163 Å². The third-order valence-electron chi connectivity index (χ3n) is 3.39. The van der Waals surface area contributed by atoms with Crippen molar-refractivity contribution in [2.75, 3.05) is 13.2 Å². The van der Waals surface area contributed by atoms with E-state index in [9.17, 15) is 18.9 Å². The highest BCUT2D eigenvalue weighted by molar-refractivity contribution is 7.54. The van der Waals surface area contributed by atoms with Crippen LogP contribution < -0.4 is 4.74 Å². The van der Waals surface area contributed by atoms with Crippen molar-refractivity contribution in [3.05, 3.63) is 59.9 Å². The molecule has 0 saturated heterocycles. The van der Waals surface area contributed by atoms with E-state index in [1.54, 1.807) is 26.1 Å². The van der Waals surface area contributed by atoms with Crippen LogP contribution in [0.2, 0.25) is 0 Å². The molecular formula is C17H23NO8P2. The van der Waals surface area contributed by atoms with Gasteiger partial charge in [0.1, 0.15) is 12.4 Å². The molecule has 2 N–H and O–H groups in total. The lowest BCUT2D eigenvalue weighted by molar-refractivity contribution is 0.0997. The molecule has 0 bridgehead atoms. The number of phosphoric acid groups is 1. The molecule has 0 aliphatic heterocycles. The lowest BCUT2D eigenvalue weighted by atomic mass is 10.2. The number of ether oxygens (including phenoxy) is 1. The number of benzene rings is 1. The quantitative estimate of drug-likeness (QED) is 0.507. The normalized spacial score (nSPS) is 13.3. The van der Waals surface area contributed by atoms with Gasteiger partial charge in [-0.2, -0.15) is 0 Å². The Hall–Kier alpha value is -1.57. The van der Waals surface area contributed by atoms with Gasteiger partial charge in [0.25, 0.3) is 0 Å². The molecule has 0 fully saturated rings. The Morgan fingerprint density at radius 1 is 1.00 bits per heavy atom. The Morgan fingerprint density at radius 3 is 2.14 bits per heavy atom. The minimum absolute atomic E-state index is 0.00848. The molecule has 0 saturated carbocycles. The Kier molecular flexibility index (Phi) is 8.34. The predicted molar refractivity (Wildman–Crippen MR) is 102 cm³/mol. The number of pyridine rings is 1. The molecule has 1 unspecified atom stereocenters. The summed E-state index contributed by atoms with van der Waals surface area (Å²) in [5, 5.41) is 0. The number of rotatable bonds is 11. The average molecular weight is 431 g/mol. The van der Waals surface area contributed by atoms with Gasteiger partial charge in [0.15, 0.2) is 5.85 Å². The molecule has 1 aromatic heterocycles. The summed E-state index contributed by atoms with van der Waals surface area (Å²) >= 11 is 0. The molecule has 1 heterocycles. The second kappa shape index (κ2) is 10.3. The van der Waals surface area contributed by atoms with Gasteiger partial charge < -0.3 is 14.5 Å². The van der Waals surface area contributed by atoms with Crippen LogP contribution in [0.15, 0.2) is 48.7 Å². The summed E-state index contributed by atoms with van der Waals surface area (Å²) in [7, 11) is -8.96. The summed E-state index contributed by atoms with van der Waals surface area (Å²) < 4.78 is 45.1. The van der Waals surface area contributed by atoms with Crippen molar-refractivity contribution in [3.8, 4) is 5.75 Å². The second-order valence-electron chi connectivity index (χ2n) is 5.51. The summed E-state index contributed by atoms with van der Waals surface area (Å²) in [6.07, 6.45) is 1.65. The SMILES string of the molecule is CCOP(=O)(OCC)OC(c1ccc(OCc2ccccn2)cc1)P(=O)(O)O. The number of hydrogen-bond acceptors (Lipinski definition) is 7. The maximum atomic E-state index is 12.5. The third-order valence-corrected chi connectivity index (χ3v) is 6.19. The van der Waals surface area contributed by atoms with Crippen LogP contribution >= 0.6 is 15.4 Å². The van der Waals surface area contributed by atoms with E-state index in [0.717, 1.165) is 5.69 Å². The van der Waals surface area contributed by atoms with Crippen LogP contribution in [0.25, 0.3) is 0 Å². The average Bonchev–Trinajstić information content (AvgIpc) is 2.65. The van der Waals surface area contributed by atoms with Gasteiger partial charge in [0.05, 0.1) is 18.9 Å². The van der Waals surface area contributed by atoms with E-state index in [1.807, 2.05) is 12.1 Å². The molecule has 0 spiro atoms. The molecule has 2 rings (SSSR count). The summed E-state index contributed by atoms with van der Waals surface area (Å²) in [5.74, 6) is -1.34. The molecule has 9 nitrogen and oxygen atoms in total. The van der Waals surface area contributed by atoms with Crippen LogP contribution in [0.1, 0.15) is 30.9 Å². The number of hydrogen-bond donors (Lipinski definition) is 2. The number of phosphoric ester groups is 1. The van der Waals surface area contributed by atoms with Crippen molar-refractivity contribution in [1.29, 1.82) is 0 Å². The number of aromatic nitrogens is 1. The molecule has 0 aliphatic rings.